The van der Waals surface area contributed by atoms with E-state index in [4.69, 9.17) is 9.47 Å². The summed E-state index contributed by atoms with van der Waals surface area (Å²) in [6.45, 7) is 3.18. The van der Waals surface area contributed by atoms with Crippen LogP contribution in [0.1, 0.15) is 18.4 Å². The highest BCUT2D eigenvalue weighted by Gasteiger charge is 2.44. The van der Waals surface area contributed by atoms with E-state index in [0.29, 0.717) is 6.61 Å². The minimum atomic E-state index is -0.514. The Morgan fingerprint density at radius 1 is 1.24 bits per heavy atom. The molecule has 0 saturated carbocycles. The predicted molar refractivity (Wildman–Crippen MR) is 78.0 cm³/mol. The van der Waals surface area contributed by atoms with Gasteiger partial charge in [-0.2, -0.15) is 0 Å². The standard InChI is InChI=1S/C16H18N2O3/c19-15-20-11-16(21-15)5-8-18(9-6-16)10-13-3-1-2-12-4-7-17-14(12)13/h1-4,7,17H,5-6,8-11H2. The maximum atomic E-state index is 11.1. The summed E-state index contributed by atoms with van der Waals surface area (Å²) in [7, 11) is 0. The number of rotatable bonds is 2. The van der Waals surface area contributed by atoms with E-state index in [-0.39, 0.29) is 5.60 Å². The van der Waals surface area contributed by atoms with Crippen LogP contribution in [0, 0.1) is 0 Å². The molecule has 0 aliphatic carbocycles. The van der Waals surface area contributed by atoms with Gasteiger partial charge in [0.15, 0.2) is 5.60 Å². The van der Waals surface area contributed by atoms with Crippen molar-refractivity contribution in [3.05, 3.63) is 36.0 Å². The first kappa shape index (κ1) is 12.7. The Labute approximate surface area is 122 Å². The lowest BCUT2D eigenvalue weighted by molar-refractivity contribution is -0.00154. The van der Waals surface area contributed by atoms with E-state index < -0.39 is 6.16 Å². The molecular weight excluding hydrogens is 268 g/mol. The number of benzene rings is 1. The number of hydrogen-bond donors (Lipinski definition) is 1. The highest BCUT2D eigenvalue weighted by molar-refractivity contribution is 5.82. The highest BCUT2D eigenvalue weighted by Crippen LogP contribution is 2.32. The third kappa shape index (κ3) is 2.27. The molecule has 1 N–H and O–H groups in total. The number of hydrogen-bond acceptors (Lipinski definition) is 4. The molecule has 2 saturated heterocycles. The van der Waals surface area contributed by atoms with Gasteiger partial charge in [-0.25, -0.2) is 4.79 Å². The Morgan fingerprint density at radius 2 is 2.10 bits per heavy atom. The van der Waals surface area contributed by atoms with Crippen molar-refractivity contribution < 1.29 is 14.3 Å². The van der Waals surface area contributed by atoms with Crippen LogP contribution >= 0.6 is 0 Å². The number of nitrogens with one attached hydrogen (secondary N) is 1. The van der Waals surface area contributed by atoms with Crippen LogP contribution in [0.4, 0.5) is 4.79 Å². The van der Waals surface area contributed by atoms with Gasteiger partial charge in [0.05, 0.1) is 0 Å². The second-order valence-electron chi connectivity index (χ2n) is 5.96. The molecule has 1 spiro atoms. The quantitative estimate of drug-likeness (QED) is 0.862. The number of para-hydroxylation sites is 1. The average Bonchev–Trinajstić information content (AvgIpc) is 3.10. The lowest BCUT2D eigenvalue weighted by Crippen LogP contribution is -2.45. The van der Waals surface area contributed by atoms with Crippen molar-refractivity contribution in [2.75, 3.05) is 19.7 Å². The Balaban J connectivity index is 1.45. The van der Waals surface area contributed by atoms with Crippen molar-refractivity contribution in [1.29, 1.82) is 0 Å². The number of carbonyl (C=O) groups excluding carboxylic acids is 1. The number of piperidine rings is 1. The molecule has 3 heterocycles. The van der Waals surface area contributed by atoms with Crippen molar-refractivity contribution in [3.63, 3.8) is 0 Å². The minimum absolute atomic E-state index is 0.369. The van der Waals surface area contributed by atoms with Gasteiger partial charge in [0, 0.05) is 44.2 Å². The molecule has 0 radical (unpaired) electrons. The monoisotopic (exact) mass is 286 g/mol. The Hall–Kier alpha value is -2.01. The fourth-order valence-electron chi connectivity index (χ4n) is 3.31. The molecule has 2 aliphatic heterocycles. The molecule has 5 heteroatoms. The van der Waals surface area contributed by atoms with Gasteiger partial charge in [-0.1, -0.05) is 18.2 Å². The summed E-state index contributed by atoms with van der Waals surface area (Å²) < 4.78 is 10.3. The first-order valence-corrected chi connectivity index (χ1v) is 7.37. The number of aromatic nitrogens is 1. The summed E-state index contributed by atoms with van der Waals surface area (Å²) in [5, 5.41) is 1.25. The van der Waals surface area contributed by atoms with E-state index in [0.717, 1.165) is 32.5 Å². The van der Waals surface area contributed by atoms with Crippen molar-refractivity contribution >= 4 is 17.1 Å². The molecule has 21 heavy (non-hydrogen) atoms. The average molecular weight is 286 g/mol. The van der Waals surface area contributed by atoms with E-state index in [1.54, 1.807) is 0 Å². The summed E-state index contributed by atoms with van der Waals surface area (Å²) in [5.74, 6) is 0. The van der Waals surface area contributed by atoms with Crippen molar-refractivity contribution in [2.45, 2.75) is 25.0 Å². The third-order valence-corrected chi connectivity index (χ3v) is 4.59. The van der Waals surface area contributed by atoms with E-state index >= 15 is 0 Å². The smallest absolute Gasteiger partial charge is 0.430 e. The number of nitrogens with zero attached hydrogens (tertiary/aromatic N) is 1. The van der Waals surface area contributed by atoms with Gasteiger partial charge >= 0.3 is 6.16 Å². The molecule has 0 atom stereocenters. The molecule has 1 aromatic carbocycles. The number of cyclic esters (lactones) is 1. The van der Waals surface area contributed by atoms with Crippen LogP contribution in [-0.2, 0) is 16.0 Å². The maximum absolute atomic E-state index is 11.1. The van der Waals surface area contributed by atoms with Gasteiger partial charge in [0.25, 0.3) is 0 Å². The third-order valence-electron chi connectivity index (χ3n) is 4.59. The number of H-pyrrole nitrogens is 1. The summed E-state index contributed by atoms with van der Waals surface area (Å²) in [5.41, 5.74) is 2.16. The van der Waals surface area contributed by atoms with Gasteiger partial charge in [-0.3, -0.25) is 4.90 Å². The van der Waals surface area contributed by atoms with Crippen LogP contribution in [0.15, 0.2) is 30.5 Å². The molecule has 2 fully saturated rings. The number of aromatic amines is 1. The van der Waals surface area contributed by atoms with E-state index in [2.05, 4.69) is 34.1 Å². The zero-order chi connectivity index (χ0) is 14.3. The Bertz CT molecular complexity index is 671. The molecular formula is C16H18N2O3. The molecule has 0 unspecified atom stereocenters. The zero-order valence-corrected chi connectivity index (χ0v) is 11.8. The lowest BCUT2D eigenvalue weighted by Gasteiger charge is -2.36. The Kier molecular flexibility index (Phi) is 2.89. The minimum Gasteiger partial charge on any atom is -0.430 e. The SMILES string of the molecule is O=C1OCC2(CCN(Cc3cccc4cc[nH]c34)CC2)O1. The molecule has 4 rings (SSSR count). The van der Waals surface area contributed by atoms with E-state index in [1.807, 2.05) is 6.20 Å². The predicted octanol–water partition coefficient (Wildman–Crippen LogP) is 2.67. The lowest BCUT2D eigenvalue weighted by atomic mass is 9.92. The van der Waals surface area contributed by atoms with Crippen LogP contribution in [0.2, 0.25) is 0 Å². The number of fused-ring (bicyclic) bond motifs is 1. The topological polar surface area (TPSA) is 54.6 Å². The molecule has 1 aromatic heterocycles. The summed E-state index contributed by atoms with van der Waals surface area (Å²) in [6, 6.07) is 8.49. The van der Waals surface area contributed by atoms with Crippen molar-refractivity contribution in [2.24, 2.45) is 0 Å². The van der Waals surface area contributed by atoms with Gasteiger partial charge < -0.3 is 14.5 Å². The summed E-state index contributed by atoms with van der Waals surface area (Å²) >= 11 is 0. The first-order valence-electron chi connectivity index (χ1n) is 7.37. The van der Waals surface area contributed by atoms with Crippen LogP contribution in [0.25, 0.3) is 10.9 Å². The van der Waals surface area contributed by atoms with Gasteiger partial charge in [0.1, 0.15) is 6.61 Å². The molecule has 2 aliphatic rings. The highest BCUT2D eigenvalue weighted by atomic mass is 16.8. The second-order valence-corrected chi connectivity index (χ2v) is 5.96. The number of ether oxygens (including phenoxy) is 2. The zero-order valence-electron chi connectivity index (χ0n) is 11.8. The van der Waals surface area contributed by atoms with E-state index in [1.165, 1.54) is 16.5 Å². The van der Waals surface area contributed by atoms with Gasteiger partial charge in [0.2, 0.25) is 0 Å². The molecule has 110 valence electrons. The largest absolute Gasteiger partial charge is 0.509 e. The fourth-order valence-corrected chi connectivity index (χ4v) is 3.31. The van der Waals surface area contributed by atoms with Crippen LogP contribution in [-0.4, -0.2) is 41.3 Å². The molecule has 2 aromatic rings. The fraction of sp³-hybridized carbons (Fsp3) is 0.438. The number of carbonyl (C=O) groups is 1. The van der Waals surface area contributed by atoms with Gasteiger partial charge in [-0.05, 0) is 17.0 Å². The van der Waals surface area contributed by atoms with E-state index in [9.17, 15) is 4.79 Å². The molecule has 5 nitrogen and oxygen atoms in total. The Morgan fingerprint density at radius 3 is 2.86 bits per heavy atom. The normalized spacial score (nSPS) is 21.6. The van der Waals surface area contributed by atoms with Crippen LogP contribution in [0.3, 0.4) is 0 Å². The van der Waals surface area contributed by atoms with Gasteiger partial charge in [-0.15, -0.1) is 0 Å². The maximum Gasteiger partial charge on any atom is 0.509 e. The van der Waals surface area contributed by atoms with Crippen LogP contribution < -0.4 is 0 Å². The number of likely N-dealkylation sites (tertiary alicyclic amines) is 1. The van der Waals surface area contributed by atoms with Crippen molar-refractivity contribution in [3.8, 4) is 0 Å². The second kappa shape index (κ2) is 4.77. The first-order chi connectivity index (χ1) is 10.2. The molecule has 0 amide bonds. The van der Waals surface area contributed by atoms with Crippen molar-refractivity contribution in [1.82, 2.24) is 9.88 Å². The summed E-state index contributed by atoms with van der Waals surface area (Å²) in [6.07, 6.45) is 3.16. The van der Waals surface area contributed by atoms with Crippen LogP contribution in [0.5, 0.6) is 0 Å². The summed E-state index contributed by atoms with van der Waals surface area (Å²) in [4.78, 5) is 16.9. The molecule has 0 bridgehead atoms.